The number of carbonyl (C=O) groups is 1. The van der Waals surface area contributed by atoms with Crippen LogP contribution in [0.2, 0.25) is 0 Å². The number of carbonyl (C=O) groups excluding carboxylic acids is 1. The SMILES string of the molecule is CO[C@@H]1COCC[C@@H]1NC1CCN(C(=O)c2nccc(NC[C@H]3CCC[C@@H](C4C=CC(C)=CC4)O3)c2C)CC1. The lowest BCUT2D eigenvalue weighted by Crippen LogP contribution is -2.54. The fourth-order valence-corrected chi connectivity index (χ4v) is 6.42. The van der Waals surface area contributed by atoms with Crippen LogP contribution in [0.3, 0.4) is 0 Å². The summed E-state index contributed by atoms with van der Waals surface area (Å²) in [5, 5.41) is 7.34. The number of nitrogens with one attached hydrogen (secondary N) is 2. The van der Waals surface area contributed by atoms with Crippen molar-refractivity contribution in [2.24, 2.45) is 5.92 Å². The maximum absolute atomic E-state index is 13.5. The fraction of sp³-hybridized carbons (Fsp3) is 0.677. The number of aromatic nitrogens is 1. The molecule has 1 amide bonds. The van der Waals surface area contributed by atoms with E-state index in [1.165, 1.54) is 12.0 Å². The molecule has 0 bridgehead atoms. The highest BCUT2D eigenvalue weighted by molar-refractivity contribution is 5.95. The van der Waals surface area contributed by atoms with E-state index in [0.29, 0.717) is 30.3 Å². The molecule has 0 aromatic carbocycles. The van der Waals surface area contributed by atoms with Crippen molar-refractivity contribution in [3.63, 3.8) is 0 Å². The molecule has 0 radical (unpaired) electrons. The van der Waals surface area contributed by atoms with Gasteiger partial charge in [-0.2, -0.15) is 0 Å². The van der Waals surface area contributed by atoms with E-state index in [9.17, 15) is 4.79 Å². The van der Waals surface area contributed by atoms with E-state index in [1.54, 1.807) is 13.3 Å². The summed E-state index contributed by atoms with van der Waals surface area (Å²) in [5.41, 5.74) is 3.77. The summed E-state index contributed by atoms with van der Waals surface area (Å²) in [7, 11) is 1.75. The van der Waals surface area contributed by atoms with Gasteiger partial charge in [-0.25, -0.2) is 0 Å². The molecule has 0 spiro atoms. The number of allylic oxidation sites excluding steroid dienone is 3. The Morgan fingerprint density at radius 3 is 2.79 bits per heavy atom. The van der Waals surface area contributed by atoms with Gasteiger partial charge in [0, 0.05) is 68.8 Å². The number of amides is 1. The molecule has 8 heteroatoms. The first-order valence-corrected chi connectivity index (χ1v) is 14.9. The van der Waals surface area contributed by atoms with Gasteiger partial charge in [0.05, 0.1) is 24.9 Å². The zero-order chi connectivity index (χ0) is 27.2. The summed E-state index contributed by atoms with van der Waals surface area (Å²) in [5.74, 6) is 0.498. The zero-order valence-electron chi connectivity index (χ0n) is 23.9. The van der Waals surface area contributed by atoms with Crippen LogP contribution in [0.1, 0.15) is 67.9 Å². The largest absolute Gasteiger partial charge is 0.382 e. The summed E-state index contributed by atoms with van der Waals surface area (Å²) in [6, 6.07) is 2.67. The van der Waals surface area contributed by atoms with Crippen molar-refractivity contribution in [2.75, 3.05) is 45.3 Å². The number of anilines is 1. The normalized spacial score (nSPS) is 30.2. The number of hydrogen-bond donors (Lipinski definition) is 2. The second-order valence-corrected chi connectivity index (χ2v) is 11.6. The Kier molecular flexibility index (Phi) is 9.71. The molecule has 1 aromatic heterocycles. The molecule has 214 valence electrons. The minimum atomic E-state index is 0.0249. The molecule has 8 nitrogen and oxygen atoms in total. The molecule has 3 fully saturated rings. The molecule has 4 aliphatic rings. The van der Waals surface area contributed by atoms with Gasteiger partial charge < -0.3 is 29.7 Å². The van der Waals surface area contributed by atoms with E-state index >= 15 is 0 Å². The van der Waals surface area contributed by atoms with E-state index in [-0.39, 0.29) is 24.2 Å². The summed E-state index contributed by atoms with van der Waals surface area (Å²) < 4.78 is 17.7. The number of likely N-dealkylation sites (tertiary alicyclic amines) is 1. The Labute approximate surface area is 233 Å². The van der Waals surface area contributed by atoms with Crippen LogP contribution in [0.5, 0.6) is 0 Å². The highest BCUT2D eigenvalue weighted by atomic mass is 16.5. The van der Waals surface area contributed by atoms with Crippen molar-refractivity contribution in [1.82, 2.24) is 15.2 Å². The average molecular weight is 539 g/mol. The highest BCUT2D eigenvalue weighted by Gasteiger charge is 2.32. The topological polar surface area (TPSA) is 85.0 Å². The number of pyridine rings is 1. The van der Waals surface area contributed by atoms with E-state index in [4.69, 9.17) is 14.2 Å². The highest BCUT2D eigenvalue weighted by Crippen LogP contribution is 2.30. The number of rotatable bonds is 8. The number of hydrogen-bond acceptors (Lipinski definition) is 7. The van der Waals surface area contributed by atoms with Crippen molar-refractivity contribution >= 4 is 11.6 Å². The standard InChI is InChI=1S/C31H46N4O4/c1-21-7-9-23(10-8-21)28-6-4-5-25(39-28)19-33-26-11-15-32-30(22(26)2)31(36)35-16-12-24(13-17-35)34-27-14-18-38-20-29(27)37-3/h7-9,11,15,23-25,27-29,34H,4-6,10,12-14,16-20H2,1-3H3,(H,32,33)/t23?,25-,27+,28+,29-/m1/s1. The van der Waals surface area contributed by atoms with E-state index in [0.717, 1.165) is 76.0 Å². The maximum atomic E-state index is 13.5. The van der Waals surface area contributed by atoms with Gasteiger partial charge in [0.1, 0.15) is 5.69 Å². The summed E-state index contributed by atoms with van der Waals surface area (Å²) in [4.78, 5) is 19.9. The monoisotopic (exact) mass is 538 g/mol. The Hall–Kier alpha value is -2.26. The predicted octanol–water partition coefficient (Wildman–Crippen LogP) is 4.26. The number of piperidine rings is 1. The molecular formula is C31H46N4O4. The number of nitrogens with zero attached hydrogens (tertiary/aromatic N) is 2. The molecule has 1 unspecified atom stereocenters. The molecule has 0 saturated carbocycles. The van der Waals surface area contributed by atoms with Gasteiger partial charge in [0.15, 0.2) is 0 Å². The Bertz CT molecular complexity index is 1040. The molecule has 5 atom stereocenters. The van der Waals surface area contributed by atoms with Gasteiger partial charge in [-0.1, -0.05) is 23.8 Å². The number of ether oxygens (including phenoxy) is 3. The van der Waals surface area contributed by atoms with Crippen molar-refractivity contribution in [2.45, 2.75) is 89.2 Å². The van der Waals surface area contributed by atoms with Crippen LogP contribution in [0, 0.1) is 12.8 Å². The minimum Gasteiger partial charge on any atom is -0.382 e. The van der Waals surface area contributed by atoms with Crippen LogP contribution in [-0.4, -0.2) is 86.1 Å². The third-order valence-corrected chi connectivity index (χ3v) is 8.94. The first-order chi connectivity index (χ1) is 19.0. The molecule has 3 aliphatic heterocycles. The molecule has 2 N–H and O–H groups in total. The minimum absolute atomic E-state index is 0.0249. The molecular weight excluding hydrogens is 492 g/mol. The molecule has 4 heterocycles. The summed E-state index contributed by atoms with van der Waals surface area (Å²) in [6.07, 6.45) is 16.4. The Morgan fingerprint density at radius 1 is 1.18 bits per heavy atom. The second kappa shape index (κ2) is 13.4. The maximum Gasteiger partial charge on any atom is 0.272 e. The first-order valence-electron chi connectivity index (χ1n) is 14.9. The van der Waals surface area contributed by atoms with Crippen molar-refractivity contribution in [1.29, 1.82) is 0 Å². The summed E-state index contributed by atoms with van der Waals surface area (Å²) in [6.45, 7) is 7.78. The molecule has 39 heavy (non-hydrogen) atoms. The van der Waals surface area contributed by atoms with Gasteiger partial charge >= 0.3 is 0 Å². The molecule has 1 aliphatic carbocycles. The van der Waals surface area contributed by atoms with E-state index in [2.05, 4.69) is 40.8 Å². The van der Waals surface area contributed by atoms with Crippen LogP contribution in [0.4, 0.5) is 5.69 Å². The molecule has 5 rings (SSSR count). The van der Waals surface area contributed by atoms with Crippen LogP contribution in [0.25, 0.3) is 0 Å². The Morgan fingerprint density at radius 2 is 2.03 bits per heavy atom. The average Bonchev–Trinajstić information content (AvgIpc) is 2.97. The van der Waals surface area contributed by atoms with Crippen molar-refractivity contribution in [3.05, 3.63) is 47.3 Å². The second-order valence-electron chi connectivity index (χ2n) is 11.6. The van der Waals surface area contributed by atoms with Gasteiger partial charge in [0.25, 0.3) is 5.91 Å². The van der Waals surface area contributed by atoms with Crippen molar-refractivity contribution < 1.29 is 19.0 Å². The smallest absolute Gasteiger partial charge is 0.272 e. The molecule has 3 saturated heterocycles. The first kappa shape index (κ1) is 28.3. The van der Waals surface area contributed by atoms with Gasteiger partial charge in [-0.15, -0.1) is 0 Å². The van der Waals surface area contributed by atoms with Crippen LogP contribution in [0.15, 0.2) is 36.1 Å². The molecule has 1 aromatic rings. The van der Waals surface area contributed by atoms with Crippen LogP contribution in [-0.2, 0) is 14.2 Å². The van der Waals surface area contributed by atoms with Gasteiger partial charge in [-0.05, 0) is 64.9 Å². The quantitative estimate of drug-likeness (QED) is 0.512. The third-order valence-electron chi connectivity index (χ3n) is 8.94. The zero-order valence-corrected chi connectivity index (χ0v) is 23.9. The van der Waals surface area contributed by atoms with Crippen molar-refractivity contribution in [3.8, 4) is 0 Å². The predicted molar refractivity (Wildman–Crippen MR) is 153 cm³/mol. The summed E-state index contributed by atoms with van der Waals surface area (Å²) >= 11 is 0. The fourth-order valence-electron chi connectivity index (χ4n) is 6.42. The lowest BCUT2D eigenvalue weighted by molar-refractivity contribution is -0.0615. The van der Waals surface area contributed by atoms with Gasteiger partial charge in [-0.3, -0.25) is 9.78 Å². The lowest BCUT2D eigenvalue weighted by atomic mass is 9.87. The van der Waals surface area contributed by atoms with E-state index in [1.807, 2.05) is 17.9 Å². The third kappa shape index (κ3) is 7.09. The lowest BCUT2D eigenvalue weighted by Gasteiger charge is -2.38. The van der Waals surface area contributed by atoms with Crippen LogP contribution < -0.4 is 10.6 Å². The van der Waals surface area contributed by atoms with Crippen LogP contribution >= 0.6 is 0 Å². The Balaban J connectivity index is 1.12. The van der Waals surface area contributed by atoms with E-state index < -0.39 is 0 Å². The van der Waals surface area contributed by atoms with Gasteiger partial charge in [0.2, 0.25) is 0 Å². The number of methoxy groups -OCH3 is 1.